The standard InChI is InChI=1S/C20H22N4O2S/c1-20(2,3)17-6-7-18(25)24(22-17)11-13-9-23(10-13)19(26)14-4-5-15-16(8-14)27-12-21-15/h4-8,12-13H,9-11H2,1-3H3. The Morgan fingerprint density at radius 1 is 1.22 bits per heavy atom. The molecule has 0 unspecified atom stereocenters. The van der Waals surface area contributed by atoms with Gasteiger partial charge in [-0.2, -0.15) is 5.10 Å². The molecule has 4 rings (SSSR count). The Morgan fingerprint density at radius 3 is 2.74 bits per heavy atom. The van der Waals surface area contributed by atoms with Gasteiger partial charge in [-0.25, -0.2) is 9.67 Å². The van der Waals surface area contributed by atoms with Gasteiger partial charge >= 0.3 is 0 Å². The average Bonchev–Trinajstić information content (AvgIpc) is 3.05. The van der Waals surface area contributed by atoms with Crippen LogP contribution in [0.1, 0.15) is 36.8 Å². The number of fused-ring (bicyclic) bond motifs is 1. The van der Waals surface area contributed by atoms with Crippen LogP contribution >= 0.6 is 11.3 Å². The predicted octanol–water partition coefficient (Wildman–Crippen LogP) is 2.92. The fourth-order valence-corrected chi connectivity index (χ4v) is 3.96. The fourth-order valence-electron chi connectivity index (χ4n) is 3.25. The topological polar surface area (TPSA) is 68.1 Å². The van der Waals surface area contributed by atoms with Gasteiger partial charge < -0.3 is 4.90 Å². The van der Waals surface area contributed by atoms with Gasteiger partial charge in [0.2, 0.25) is 0 Å². The van der Waals surface area contributed by atoms with Gasteiger partial charge in [-0.1, -0.05) is 20.8 Å². The Hall–Kier alpha value is -2.54. The first-order valence-electron chi connectivity index (χ1n) is 9.02. The van der Waals surface area contributed by atoms with Crippen LogP contribution in [0.15, 0.2) is 40.6 Å². The zero-order valence-corrected chi connectivity index (χ0v) is 16.5. The first kappa shape index (κ1) is 17.9. The van der Waals surface area contributed by atoms with Crippen molar-refractivity contribution in [2.24, 2.45) is 5.92 Å². The number of carbonyl (C=O) groups excluding carboxylic acids is 1. The Bertz CT molecular complexity index is 1060. The summed E-state index contributed by atoms with van der Waals surface area (Å²) in [5.74, 6) is 0.284. The molecule has 0 N–H and O–H groups in total. The maximum atomic E-state index is 12.7. The summed E-state index contributed by atoms with van der Waals surface area (Å²) in [5, 5.41) is 4.52. The number of likely N-dealkylation sites (tertiary alicyclic amines) is 1. The minimum absolute atomic E-state index is 0.0327. The first-order valence-corrected chi connectivity index (χ1v) is 9.90. The summed E-state index contributed by atoms with van der Waals surface area (Å²) in [6, 6.07) is 9.00. The van der Waals surface area contributed by atoms with Crippen molar-refractivity contribution in [3.05, 3.63) is 57.5 Å². The molecule has 0 aliphatic carbocycles. The van der Waals surface area contributed by atoms with Crippen LogP contribution in [0.4, 0.5) is 0 Å². The van der Waals surface area contributed by atoms with E-state index >= 15 is 0 Å². The van der Waals surface area contributed by atoms with Crippen LogP contribution < -0.4 is 5.56 Å². The molecular weight excluding hydrogens is 360 g/mol. The molecule has 2 aromatic heterocycles. The highest BCUT2D eigenvalue weighted by Crippen LogP contribution is 2.24. The van der Waals surface area contributed by atoms with E-state index in [0.717, 1.165) is 15.9 Å². The number of amides is 1. The second kappa shape index (κ2) is 6.56. The molecule has 3 heterocycles. The minimum Gasteiger partial charge on any atom is -0.338 e. The monoisotopic (exact) mass is 382 g/mol. The molecule has 1 fully saturated rings. The summed E-state index contributed by atoms with van der Waals surface area (Å²) in [5.41, 5.74) is 4.09. The molecule has 27 heavy (non-hydrogen) atoms. The number of hydrogen-bond donors (Lipinski definition) is 0. The molecule has 3 aromatic rings. The molecule has 1 aliphatic rings. The Morgan fingerprint density at radius 2 is 2.00 bits per heavy atom. The fraction of sp³-hybridized carbons (Fsp3) is 0.400. The van der Waals surface area contributed by atoms with Crippen LogP contribution in [0.25, 0.3) is 10.2 Å². The molecule has 1 saturated heterocycles. The van der Waals surface area contributed by atoms with E-state index < -0.39 is 0 Å². The van der Waals surface area contributed by atoms with Crippen molar-refractivity contribution in [3.63, 3.8) is 0 Å². The van der Waals surface area contributed by atoms with Gasteiger partial charge in [0.1, 0.15) is 0 Å². The van der Waals surface area contributed by atoms with E-state index in [1.807, 2.05) is 23.1 Å². The molecular formula is C20H22N4O2S. The zero-order chi connectivity index (χ0) is 19.2. The normalized spacial score (nSPS) is 15.1. The van der Waals surface area contributed by atoms with E-state index in [9.17, 15) is 9.59 Å². The van der Waals surface area contributed by atoms with E-state index in [2.05, 4.69) is 30.9 Å². The van der Waals surface area contributed by atoms with Gasteiger partial charge in [-0.3, -0.25) is 9.59 Å². The number of hydrogen-bond acceptors (Lipinski definition) is 5. The highest BCUT2D eigenvalue weighted by atomic mass is 32.1. The van der Waals surface area contributed by atoms with Crippen molar-refractivity contribution < 1.29 is 4.79 Å². The van der Waals surface area contributed by atoms with Gasteiger partial charge in [0, 0.05) is 36.1 Å². The van der Waals surface area contributed by atoms with Gasteiger partial charge in [-0.15, -0.1) is 11.3 Å². The predicted molar refractivity (Wildman–Crippen MR) is 106 cm³/mol. The SMILES string of the molecule is CC(C)(C)c1ccc(=O)n(CC2CN(C(=O)c3ccc4ncsc4c3)C2)n1. The average molecular weight is 382 g/mol. The van der Waals surface area contributed by atoms with Gasteiger partial charge in [0.15, 0.2) is 0 Å². The van der Waals surface area contributed by atoms with E-state index in [1.165, 1.54) is 16.0 Å². The van der Waals surface area contributed by atoms with Crippen LogP contribution in [0.3, 0.4) is 0 Å². The summed E-state index contributed by atoms with van der Waals surface area (Å²) in [7, 11) is 0. The van der Waals surface area contributed by atoms with Gasteiger partial charge in [0.05, 0.1) is 28.0 Å². The van der Waals surface area contributed by atoms with E-state index in [-0.39, 0.29) is 22.8 Å². The zero-order valence-electron chi connectivity index (χ0n) is 15.7. The molecule has 0 saturated carbocycles. The first-order chi connectivity index (χ1) is 12.8. The summed E-state index contributed by atoms with van der Waals surface area (Å²) in [6.45, 7) is 8.07. The van der Waals surface area contributed by atoms with Crippen LogP contribution in [-0.4, -0.2) is 38.7 Å². The number of rotatable bonds is 3. The Labute approximate surface area is 161 Å². The van der Waals surface area contributed by atoms with Crippen molar-refractivity contribution in [3.8, 4) is 0 Å². The van der Waals surface area contributed by atoms with Crippen LogP contribution in [0, 0.1) is 5.92 Å². The lowest BCUT2D eigenvalue weighted by Crippen LogP contribution is -2.52. The summed E-state index contributed by atoms with van der Waals surface area (Å²) < 4.78 is 2.56. The van der Waals surface area contributed by atoms with E-state index in [0.29, 0.717) is 25.2 Å². The number of nitrogens with zero attached hydrogens (tertiary/aromatic N) is 4. The Kier molecular flexibility index (Phi) is 4.34. The number of aromatic nitrogens is 3. The van der Waals surface area contributed by atoms with Crippen molar-refractivity contribution in [2.45, 2.75) is 32.7 Å². The third-order valence-electron chi connectivity index (χ3n) is 4.89. The molecule has 0 spiro atoms. The number of carbonyl (C=O) groups is 1. The second-order valence-electron chi connectivity index (χ2n) is 8.10. The largest absolute Gasteiger partial charge is 0.338 e. The minimum atomic E-state index is -0.105. The summed E-state index contributed by atoms with van der Waals surface area (Å²) in [6.07, 6.45) is 0. The number of benzene rings is 1. The lowest BCUT2D eigenvalue weighted by molar-refractivity contribution is 0.0458. The van der Waals surface area contributed by atoms with Crippen LogP contribution in [0.5, 0.6) is 0 Å². The molecule has 6 nitrogen and oxygen atoms in total. The third-order valence-corrected chi connectivity index (χ3v) is 5.68. The summed E-state index contributed by atoms with van der Waals surface area (Å²) >= 11 is 1.54. The maximum Gasteiger partial charge on any atom is 0.266 e. The van der Waals surface area contributed by atoms with Crippen LogP contribution in [-0.2, 0) is 12.0 Å². The summed E-state index contributed by atoms with van der Waals surface area (Å²) in [4.78, 5) is 30.9. The third kappa shape index (κ3) is 3.51. The second-order valence-corrected chi connectivity index (χ2v) is 8.99. The molecule has 1 aliphatic heterocycles. The van der Waals surface area contributed by atoms with E-state index in [1.54, 1.807) is 17.6 Å². The number of thiazole rings is 1. The van der Waals surface area contributed by atoms with Crippen molar-refractivity contribution in [1.82, 2.24) is 19.7 Å². The molecule has 7 heteroatoms. The molecule has 1 amide bonds. The molecule has 0 atom stereocenters. The van der Waals surface area contributed by atoms with Crippen LogP contribution in [0.2, 0.25) is 0 Å². The van der Waals surface area contributed by atoms with E-state index in [4.69, 9.17) is 0 Å². The molecule has 1 aromatic carbocycles. The lowest BCUT2D eigenvalue weighted by Gasteiger charge is -2.39. The Balaban J connectivity index is 1.42. The van der Waals surface area contributed by atoms with Crippen molar-refractivity contribution >= 4 is 27.5 Å². The lowest BCUT2D eigenvalue weighted by atomic mass is 9.92. The highest BCUT2D eigenvalue weighted by Gasteiger charge is 2.32. The quantitative estimate of drug-likeness (QED) is 0.698. The van der Waals surface area contributed by atoms with Gasteiger partial charge in [-0.05, 0) is 24.3 Å². The molecule has 140 valence electrons. The smallest absolute Gasteiger partial charge is 0.266 e. The van der Waals surface area contributed by atoms with Crippen molar-refractivity contribution in [1.29, 1.82) is 0 Å². The highest BCUT2D eigenvalue weighted by molar-refractivity contribution is 7.16. The van der Waals surface area contributed by atoms with Gasteiger partial charge in [0.25, 0.3) is 11.5 Å². The molecule has 0 radical (unpaired) electrons. The van der Waals surface area contributed by atoms with Crippen molar-refractivity contribution in [2.75, 3.05) is 13.1 Å². The maximum absolute atomic E-state index is 12.7. The molecule has 0 bridgehead atoms.